The molecule has 1 heterocycles. The molecule has 2 aromatic carbocycles. The molecule has 27 heavy (non-hydrogen) atoms. The maximum Gasteiger partial charge on any atom is 0.282 e. The number of benzene rings is 2. The number of ether oxygens (including phenoxy) is 1. The van der Waals surface area contributed by atoms with Crippen LogP contribution in [-0.2, 0) is 9.59 Å². The Bertz CT molecular complexity index is 885. The highest BCUT2D eigenvalue weighted by Gasteiger charge is 2.41. The van der Waals surface area contributed by atoms with E-state index in [0.717, 1.165) is 10.5 Å². The zero-order valence-corrected chi connectivity index (χ0v) is 15.6. The van der Waals surface area contributed by atoms with Crippen molar-refractivity contribution in [1.29, 1.82) is 0 Å². The Kier molecular flexibility index (Phi) is 5.28. The summed E-state index contributed by atoms with van der Waals surface area (Å²) < 4.78 is 5.14. The lowest BCUT2D eigenvalue weighted by Gasteiger charge is -2.20. The Morgan fingerprint density at radius 1 is 1.00 bits per heavy atom. The van der Waals surface area contributed by atoms with Gasteiger partial charge in [-0.15, -0.1) is 0 Å². The van der Waals surface area contributed by atoms with E-state index in [1.54, 1.807) is 43.3 Å². The molecule has 0 saturated heterocycles. The van der Waals surface area contributed by atoms with Gasteiger partial charge in [-0.1, -0.05) is 29.8 Å². The third kappa shape index (κ3) is 3.44. The Balaban J connectivity index is 2.08. The zero-order chi connectivity index (χ0) is 19.6. The topological polar surface area (TPSA) is 70.1 Å². The molecule has 6 nitrogen and oxygen atoms in total. The molecule has 0 aromatic heterocycles. The van der Waals surface area contributed by atoms with E-state index in [4.69, 9.17) is 4.74 Å². The van der Waals surface area contributed by atoms with Crippen LogP contribution < -0.4 is 9.64 Å². The number of likely N-dealkylation sites (N-methyl/N-ethyl adjacent to an activating group) is 1. The van der Waals surface area contributed by atoms with Crippen molar-refractivity contribution in [2.75, 3.05) is 32.2 Å². The van der Waals surface area contributed by atoms with Crippen LogP contribution in [-0.4, -0.2) is 49.1 Å². The van der Waals surface area contributed by atoms with Crippen molar-refractivity contribution in [2.45, 2.75) is 6.92 Å². The van der Waals surface area contributed by atoms with E-state index in [-0.39, 0.29) is 24.8 Å². The van der Waals surface area contributed by atoms with Gasteiger partial charge in [-0.05, 0) is 36.8 Å². The van der Waals surface area contributed by atoms with Crippen molar-refractivity contribution < 1.29 is 19.4 Å². The summed E-state index contributed by atoms with van der Waals surface area (Å²) in [7, 11) is 3.25. The van der Waals surface area contributed by atoms with E-state index >= 15 is 0 Å². The molecule has 0 aliphatic carbocycles. The third-order valence-corrected chi connectivity index (χ3v) is 4.55. The van der Waals surface area contributed by atoms with Crippen molar-refractivity contribution in [3.8, 4) is 5.75 Å². The first-order chi connectivity index (χ1) is 13.0. The van der Waals surface area contributed by atoms with E-state index in [1.807, 2.05) is 31.2 Å². The molecule has 2 aromatic rings. The standard InChI is InChI=1S/C21H22N2O4/c1-14-4-6-15(7-5-14)18-19(22(2)12-13-24)21(26)23(20(18)25)16-8-10-17(27-3)11-9-16/h4-11,24H,12-13H2,1-3H3. The molecule has 0 unspecified atom stereocenters. The number of aliphatic hydroxyl groups excluding tert-OH is 1. The van der Waals surface area contributed by atoms with Gasteiger partial charge in [-0.2, -0.15) is 0 Å². The predicted molar refractivity (Wildman–Crippen MR) is 103 cm³/mol. The molecule has 0 atom stereocenters. The van der Waals surface area contributed by atoms with Gasteiger partial charge in [0.15, 0.2) is 0 Å². The van der Waals surface area contributed by atoms with Crippen molar-refractivity contribution in [3.63, 3.8) is 0 Å². The summed E-state index contributed by atoms with van der Waals surface area (Å²) in [5, 5.41) is 9.30. The van der Waals surface area contributed by atoms with Gasteiger partial charge in [0.05, 0.1) is 25.0 Å². The normalized spacial score (nSPS) is 14.1. The van der Waals surface area contributed by atoms with Crippen LogP contribution in [0, 0.1) is 6.92 Å². The first kappa shape index (κ1) is 18.7. The van der Waals surface area contributed by atoms with E-state index in [1.165, 1.54) is 0 Å². The van der Waals surface area contributed by atoms with Gasteiger partial charge >= 0.3 is 0 Å². The van der Waals surface area contributed by atoms with Gasteiger partial charge in [-0.25, -0.2) is 4.90 Å². The number of amides is 2. The Morgan fingerprint density at radius 3 is 2.19 bits per heavy atom. The summed E-state index contributed by atoms with van der Waals surface area (Å²) >= 11 is 0. The summed E-state index contributed by atoms with van der Waals surface area (Å²) in [5.41, 5.74) is 2.84. The predicted octanol–water partition coefficient (Wildman–Crippen LogP) is 2.21. The number of imide groups is 1. The van der Waals surface area contributed by atoms with Gasteiger partial charge in [0.25, 0.3) is 11.8 Å². The maximum atomic E-state index is 13.2. The maximum absolute atomic E-state index is 13.2. The highest BCUT2D eigenvalue weighted by molar-refractivity contribution is 6.45. The number of methoxy groups -OCH3 is 1. The summed E-state index contributed by atoms with van der Waals surface area (Å²) in [6.07, 6.45) is 0. The Labute approximate surface area is 158 Å². The van der Waals surface area contributed by atoms with Gasteiger partial charge in [-0.3, -0.25) is 9.59 Å². The number of carbonyl (C=O) groups excluding carboxylic acids is 2. The van der Waals surface area contributed by atoms with Gasteiger partial charge in [0.1, 0.15) is 11.4 Å². The molecule has 0 fully saturated rings. The summed E-state index contributed by atoms with van der Waals surface area (Å²) in [6.45, 7) is 2.09. The lowest BCUT2D eigenvalue weighted by atomic mass is 10.0. The van der Waals surface area contributed by atoms with E-state index in [9.17, 15) is 14.7 Å². The molecule has 1 aliphatic rings. The SMILES string of the molecule is COc1ccc(N2C(=O)C(c3ccc(C)cc3)=C(N(C)CCO)C2=O)cc1. The van der Waals surface area contributed by atoms with Crippen molar-refractivity contribution in [2.24, 2.45) is 0 Å². The molecule has 0 spiro atoms. The molecule has 1 N–H and O–H groups in total. The van der Waals surface area contributed by atoms with E-state index in [0.29, 0.717) is 22.6 Å². The number of aryl methyl sites for hydroxylation is 1. The molecule has 0 bridgehead atoms. The molecule has 140 valence electrons. The van der Waals surface area contributed by atoms with Crippen LogP contribution in [0.4, 0.5) is 5.69 Å². The van der Waals surface area contributed by atoms with Crippen LogP contribution >= 0.6 is 0 Å². The molecular formula is C21H22N2O4. The smallest absolute Gasteiger partial charge is 0.282 e. The lowest BCUT2D eigenvalue weighted by Crippen LogP contribution is -2.34. The average molecular weight is 366 g/mol. The van der Waals surface area contributed by atoms with Crippen molar-refractivity contribution >= 4 is 23.1 Å². The minimum absolute atomic E-state index is 0.120. The number of hydrogen-bond acceptors (Lipinski definition) is 5. The second kappa shape index (κ2) is 7.63. The highest BCUT2D eigenvalue weighted by Crippen LogP contribution is 2.34. The molecular weight excluding hydrogens is 344 g/mol. The summed E-state index contributed by atoms with van der Waals surface area (Å²) in [4.78, 5) is 29.1. The van der Waals surface area contributed by atoms with Crippen molar-refractivity contribution in [3.05, 3.63) is 65.4 Å². The van der Waals surface area contributed by atoms with Crippen LogP contribution in [0.3, 0.4) is 0 Å². The fraction of sp³-hybridized carbons (Fsp3) is 0.238. The van der Waals surface area contributed by atoms with Crippen LogP contribution in [0.15, 0.2) is 54.2 Å². The van der Waals surface area contributed by atoms with Gasteiger partial charge in [0.2, 0.25) is 0 Å². The van der Waals surface area contributed by atoms with Gasteiger partial charge in [0, 0.05) is 13.6 Å². The zero-order valence-electron chi connectivity index (χ0n) is 15.6. The fourth-order valence-corrected chi connectivity index (χ4v) is 3.08. The number of nitrogens with zero attached hydrogens (tertiary/aromatic N) is 2. The fourth-order valence-electron chi connectivity index (χ4n) is 3.08. The van der Waals surface area contributed by atoms with Gasteiger partial charge < -0.3 is 14.7 Å². The second-order valence-corrected chi connectivity index (χ2v) is 6.38. The van der Waals surface area contributed by atoms with Crippen LogP contribution in [0.5, 0.6) is 5.75 Å². The van der Waals surface area contributed by atoms with Crippen molar-refractivity contribution in [1.82, 2.24) is 4.90 Å². The first-order valence-corrected chi connectivity index (χ1v) is 8.64. The summed E-state index contributed by atoms with van der Waals surface area (Å²) in [6, 6.07) is 14.2. The van der Waals surface area contributed by atoms with E-state index in [2.05, 4.69) is 0 Å². The minimum Gasteiger partial charge on any atom is -0.497 e. The molecule has 0 radical (unpaired) electrons. The summed E-state index contributed by atoms with van der Waals surface area (Å²) in [5.74, 6) is -0.146. The Morgan fingerprint density at radius 2 is 1.63 bits per heavy atom. The molecule has 3 rings (SSSR count). The molecule has 2 amide bonds. The van der Waals surface area contributed by atoms with Crippen LogP contribution in [0.25, 0.3) is 5.57 Å². The number of carbonyl (C=O) groups is 2. The number of aliphatic hydroxyl groups is 1. The minimum atomic E-state index is -0.406. The van der Waals surface area contributed by atoms with Crippen LogP contribution in [0.1, 0.15) is 11.1 Å². The molecule has 6 heteroatoms. The highest BCUT2D eigenvalue weighted by atomic mass is 16.5. The number of hydrogen-bond donors (Lipinski definition) is 1. The van der Waals surface area contributed by atoms with Crippen LogP contribution in [0.2, 0.25) is 0 Å². The largest absolute Gasteiger partial charge is 0.497 e. The van der Waals surface area contributed by atoms with E-state index < -0.39 is 5.91 Å². The monoisotopic (exact) mass is 366 g/mol. The number of anilines is 1. The number of rotatable bonds is 6. The molecule has 1 aliphatic heterocycles. The second-order valence-electron chi connectivity index (χ2n) is 6.38. The third-order valence-electron chi connectivity index (χ3n) is 4.55. The quantitative estimate of drug-likeness (QED) is 0.794. The Hall–Kier alpha value is -3.12. The lowest BCUT2D eigenvalue weighted by molar-refractivity contribution is -0.120. The average Bonchev–Trinajstić information content (AvgIpc) is 2.93. The molecule has 0 saturated carbocycles. The first-order valence-electron chi connectivity index (χ1n) is 8.64.